The lowest BCUT2D eigenvalue weighted by Gasteiger charge is -2.34. The number of aromatic nitrogens is 2. The highest BCUT2D eigenvalue weighted by Crippen LogP contribution is 2.33. The van der Waals surface area contributed by atoms with Gasteiger partial charge >= 0.3 is 0 Å². The molecule has 1 atom stereocenters. The molecule has 5 rings (SSSR count). The molecule has 4 aromatic rings. The van der Waals surface area contributed by atoms with E-state index < -0.39 is 6.10 Å². The van der Waals surface area contributed by atoms with E-state index in [1.165, 1.54) is 12.1 Å². The Bertz CT molecular complexity index is 1250. The molecule has 3 aromatic carbocycles. The molecule has 1 N–H and O–H groups in total. The maximum atomic E-state index is 13.4. The molecule has 0 saturated carbocycles. The van der Waals surface area contributed by atoms with Gasteiger partial charge in [0.1, 0.15) is 17.7 Å². The van der Waals surface area contributed by atoms with Gasteiger partial charge in [-0.05, 0) is 60.7 Å². The number of rotatable bonds is 5. The SMILES string of the molecule is O=C(c1ccccc1)N1CCC(C(O)c2nc3ccccc3n2Cc2ccc(F)cc2)CC1. The molecule has 0 bridgehead atoms. The summed E-state index contributed by atoms with van der Waals surface area (Å²) < 4.78 is 15.4. The summed E-state index contributed by atoms with van der Waals surface area (Å²) in [5.41, 5.74) is 3.40. The first-order valence-corrected chi connectivity index (χ1v) is 11.3. The minimum Gasteiger partial charge on any atom is -0.385 e. The van der Waals surface area contributed by atoms with Gasteiger partial charge in [0.2, 0.25) is 0 Å². The second-order valence-corrected chi connectivity index (χ2v) is 8.61. The van der Waals surface area contributed by atoms with Gasteiger partial charge < -0.3 is 14.6 Å². The van der Waals surface area contributed by atoms with E-state index in [0.717, 1.165) is 16.6 Å². The number of aliphatic hydroxyl groups is 1. The third-order valence-electron chi connectivity index (χ3n) is 6.50. The van der Waals surface area contributed by atoms with E-state index in [0.29, 0.717) is 43.9 Å². The standard InChI is InChI=1S/C27H26FN3O2/c28-22-12-10-19(11-13-22)18-31-24-9-5-4-8-23(24)29-26(31)25(32)20-14-16-30(17-15-20)27(33)21-6-2-1-3-7-21/h1-13,20,25,32H,14-18H2. The first-order chi connectivity index (χ1) is 16.1. The van der Waals surface area contributed by atoms with Gasteiger partial charge in [-0.2, -0.15) is 0 Å². The van der Waals surface area contributed by atoms with Crippen LogP contribution in [0.3, 0.4) is 0 Å². The number of amides is 1. The third-order valence-corrected chi connectivity index (χ3v) is 6.50. The van der Waals surface area contributed by atoms with Gasteiger partial charge in [-0.1, -0.05) is 42.5 Å². The molecule has 0 aliphatic carbocycles. The molecule has 1 saturated heterocycles. The molecule has 0 radical (unpaired) electrons. The number of imidazole rings is 1. The molecule has 33 heavy (non-hydrogen) atoms. The first-order valence-electron chi connectivity index (χ1n) is 11.3. The summed E-state index contributed by atoms with van der Waals surface area (Å²) in [6.07, 6.45) is 0.672. The van der Waals surface area contributed by atoms with Crippen LogP contribution in [0.5, 0.6) is 0 Å². The number of para-hydroxylation sites is 2. The maximum Gasteiger partial charge on any atom is 0.253 e. The summed E-state index contributed by atoms with van der Waals surface area (Å²) in [5, 5.41) is 11.3. The zero-order valence-corrected chi connectivity index (χ0v) is 18.3. The van der Waals surface area contributed by atoms with Crippen LogP contribution in [0.15, 0.2) is 78.9 Å². The van der Waals surface area contributed by atoms with Gasteiger partial charge in [-0.15, -0.1) is 0 Å². The number of likely N-dealkylation sites (tertiary alicyclic amines) is 1. The van der Waals surface area contributed by atoms with Crippen molar-refractivity contribution in [2.75, 3.05) is 13.1 Å². The minimum absolute atomic E-state index is 0.00797. The fourth-order valence-corrected chi connectivity index (χ4v) is 4.65. The van der Waals surface area contributed by atoms with Crippen molar-refractivity contribution in [3.63, 3.8) is 0 Å². The summed E-state index contributed by atoms with van der Waals surface area (Å²) in [4.78, 5) is 19.4. The van der Waals surface area contributed by atoms with Crippen molar-refractivity contribution in [2.24, 2.45) is 5.92 Å². The zero-order chi connectivity index (χ0) is 22.8. The fourth-order valence-electron chi connectivity index (χ4n) is 4.65. The van der Waals surface area contributed by atoms with Crippen molar-refractivity contribution in [3.05, 3.63) is 102 Å². The quantitative estimate of drug-likeness (QED) is 0.482. The molecular weight excluding hydrogens is 417 g/mol. The van der Waals surface area contributed by atoms with Crippen LogP contribution in [0.25, 0.3) is 11.0 Å². The van der Waals surface area contributed by atoms with Crippen molar-refractivity contribution in [1.82, 2.24) is 14.5 Å². The lowest BCUT2D eigenvalue weighted by molar-refractivity contribution is 0.0420. The number of fused-ring (bicyclic) bond motifs is 1. The normalized spacial score (nSPS) is 15.6. The molecule has 0 spiro atoms. The number of nitrogens with zero attached hydrogens (tertiary/aromatic N) is 3. The van der Waals surface area contributed by atoms with Gasteiger partial charge in [0, 0.05) is 25.2 Å². The summed E-state index contributed by atoms with van der Waals surface area (Å²) in [6, 6.07) is 23.5. The number of hydrogen-bond acceptors (Lipinski definition) is 3. The molecule has 1 aromatic heterocycles. The lowest BCUT2D eigenvalue weighted by atomic mass is 9.90. The van der Waals surface area contributed by atoms with Gasteiger partial charge in [0.05, 0.1) is 11.0 Å². The van der Waals surface area contributed by atoms with Gasteiger partial charge in [0.15, 0.2) is 0 Å². The van der Waals surface area contributed by atoms with Gasteiger partial charge in [-0.25, -0.2) is 9.37 Å². The predicted molar refractivity (Wildman–Crippen MR) is 125 cm³/mol. The molecule has 6 heteroatoms. The highest BCUT2D eigenvalue weighted by molar-refractivity contribution is 5.94. The minimum atomic E-state index is -0.744. The van der Waals surface area contributed by atoms with E-state index in [9.17, 15) is 14.3 Å². The molecular formula is C27H26FN3O2. The van der Waals surface area contributed by atoms with Crippen LogP contribution >= 0.6 is 0 Å². The number of hydrogen-bond donors (Lipinski definition) is 1. The number of carbonyl (C=O) groups is 1. The molecule has 1 aliphatic heterocycles. The van der Waals surface area contributed by atoms with Crippen molar-refractivity contribution >= 4 is 16.9 Å². The van der Waals surface area contributed by atoms with Crippen molar-refractivity contribution in [2.45, 2.75) is 25.5 Å². The summed E-state index contributed by atoms with van der Waals surface area (Å²) >= 11 is 0. The maximum absolute atomic E-state index is 13.4. The Hall–Kier alpha value is -3.51. The Kier molecular flexibility index (Phi) is 5.92. The molecule has 168 valence electrons. The first kappa shape index (κ1) is 21.3. The Morgan fingerprint density at radius 2 is 1.64 bits per heavy atom. The summed E-state index contributed by atoms with van der Waals surface area (Å²) in [6.45, 7) is 1.71. The van der Waals surface area contributed by atoms with Crippen LogP contribution in [0.2, 0.25) is 0 Å². The number of aliphatic hydroxyl groups excluding tert-OH is 1. The number of benzene rings is 3. The average molecular weight is 444 g/mol. The number of halogens is 1. The molecule has 1 amide bonds. The van der Waals surface area contributed by atoms with Crippen LogP contribution in [-0.2, 0) is 6.54 Å². The van der Waals surface area contributed by atoms with Crippen LogP contribution < -0.4 is 0 Å². The van der Waals surface area contributed by atoms with E-state index >= 15 is 0 Å². The van der Waals surface area contributed by atoms with E-state index in [1.807, 2.05) is 64.1 Å². The van der Waals surface area contributed by atoms with Gasteiger partial charge in [-0.3, -0.25) is 4.79 Å². The topological polar surface area (TPSA) is 58.4 Å². The highest BCUT2D eigenvalue weighted by Gasteiger charge is 2.31. The second kappa shape index (κ2) is 9.16. The predicted octanol–water partition coefficient (Wildman–Crippen LogP) is 4.81. The second-order valence-electron chi connectivity index (χ2n) is 8.61. The third kappa shape index (κ3) is 4.39. The van der Waals surface area contributed by atoms with Gasteiger partial charge in [0.25, 0.3) is 5.91 Å². The molecule has 1 fully saturated rings. The monoisotopic (exact) mass is 443 g/mol. The van der Waals surface area contributed by atoms with Crippen molar-refractivity contribution in [1.29, 1.82) is 0 Å². The molecule has 1 unspecified atom stereocenters. The highest BCUT2D eigenvalue weighted by atomic mass is 19.1. The Balaban J connectivity index is 1.36. The Labute approximate surface area is 192 Å². The molecule has 1 aliphatic rings. The molecule has 2 heterocycles. The van der Waals surface area contributed by atoms with Crippen molar-refractivity contribution < 1.29 is 14.3 Å². The molecule has 5 nitrogen and oxygen atoms in total. The largest absolute Gasteiger partial charge is 0.385 e. The summed E-state index contributed by atoms with van der Waals surface area (Å²) in [7, 11) is 0. The van der Waals surface area contributed by atoms with E-state index in [2.05, 4.69) is 0 Å². The fraction of sp³-hybridized carbons (Fsp3) is 0.259. The lowest BCUT2D eigenvalue weighted by Crippen LogP contribution is -2.40. The van der Waals surface area contributed by atoms with Crippen LogP contribution in [0.1, 0.15) is 40.7 Å². The number of piperidine rings is 1. The Morgan fingerprint density at radius 3 is 2.36 bits per heavy atom. The van der Waals surface area contributed by atoms with E-state index in [4.69, 9.17) is 4.98 Å². The van der Waals surface area contributed by atoms with Crippen molar-refractivity contribution in [3.8, 4) is 0 Å². The Morgan fingerprint density at radius 1 is 0.970 bits per heavy atom. The summed E-state index contributed by atoms with van der Waals surface area (Å²) in [5.74, 6) is 0.389. The van der Waals surface area contributed by atoms with Crippen LogP contribution in [0.4, 0.5) is 4.39 Å². The smallest absolute Gasteiger partial charge is 0.253 e. The van der Waals surface area contributed by atoms with E-state index in [1.54, 1.807) is 12.1 Å². The van der Waals surface area contributed by atoms with E-state index in [-0.39, 0.29) is 17.6 Å². The average Bonchev–Trinajstić information content (AvgIpc) is 3.23. The van der Waals surface area contributed by atoms with Crippen LogP contribution in [-0.4, -0.2) is 38.6 Å². The zero-order valence-electron chi connectivity index (χ0n) is 18.3. The number of carbonyl (C=O) groups excluding carboxylic acids is 1. The van der Waals surface area contributed by atoms with Crippen LogP contribution in [0, 0.1) is 11.7 Å².